The lowest BCUT2D eigenvalue weighted by molar-refractivity contribution is -0.387. The van der Waals surface area contributed by atoms with E-state index in [1.54, 1.807) is 6.92 Å². The van der Waals surface area contributed by atoms with Crippen LogP contribution in [0.15, 0.2) is 23.1 Å². The van der Waals surface area contributed by atoms with E-state index < -0.39 is 32.1 Å². The van der Waals surface area contributed by atoms with Crippen LogP contribution in [0.5, 0.6) is 0 Å². The van der Waals surface area contributed by atoms with Crippen molar-refractivity contribution in [2.45, 2.75) is 23.8 Å². The molecule has 110 valence electrons. The van der Waals surface area contributed by atoms with Crippen molar-refractivity contribution >= 4 is 15.7 Å². The van der Waals surface area contributed by atoms with E-state index in [-0.39, 0.29) is 18.0 Å². The fourth-order valence-corrected chi connectivity index (χ4v) is 3.56. The quantitative estimate of drug-likeness (QED) is 0.657. The van der Waals surface area contributed by atoms with Crippen molar-refractivity contribution in [1.29, 1.82) is 0 Å². The molecule has 1 aliphatic rings. The van der Waals surface area contributed by atoms with E-state index in [4.69, 9.17) is 0 Å². The number of nitro benzene ring substituents is 1. The standard InChI is InChI=1S/C11H13FN2O5S/c1-2-11(15)6-13(7-11)20(18,19)8-3-4-10(14(16)17)9(12)5-8/h3-5,15H,2,6-7H2,1H3. The van der Waals surface area contributed by atoms with Gasteiger partial charge in [-0.15, -0.1) is 0 Å². The topological polar surface area (TPSA) is 101 Å². The number of halogens is 1. The Hall–Kier alpha value is -1.58. The highest BCUT2D eigenvalue weighted by atomic mass is 32.2. The predicted octanol–water partition coefficient (Wildman–Crippen LogP) is 0.879. The first-order valence-corrected chi connectivity index (χ1v) is 7.30. The van der Waals surface area contributed by atoms with Gasteiger partial charge in [-0.25, -0.2) is 8.42 Å². The van der Waals surface area contributed by atoms with Crippen LogP contribution in [-0.2, 0) is 10.0 Å². The van der Waals surface area contributed by atoms with Crippen LogP contribution < -0.4 is 0 Å². The van der Waals surface area contributed by atoms with Crippen molar-refractivity contribution in [3.05, 3.63) is 34.1 Å². The molecule has 0 saturated carbocycles. The van der Waals surface area contributed by atoms with Crippen LogP contribution in [0.25, 0.3) is 0 Å². The first kappa shape index (κ1) is 14.8. The maximum Gasteiger partial charge on any atom is 0.304 e. The van der Waals surface area contributed by atoms with Crippen LogP contribution in [0.1, 0.15) is 13.3 Å². The Morgan fingerprint density at radius 1 is 1.50 bits per heavy atom. The van der Waals surface area contributed by atoms with E-state index in [0.29, 0.717) is 12.5 Å². The zero-order chi connectivity index (χ0) is 15.1. The summed E-state index contributed by atoms with van der Waals surface area (Å²) in [6.45, 7) is 1.60. The molecule has 1 N–H and O–H groups in total. The zero-order valence-electron chi connectivity index (χ0n) is 10.6. The van der Waals surface area contributed by atoms with E-state index >= 15 is 0 Å². The van der Waals surface area contributed by atoms with Crippen molar-refractivity contribution in [2.75, 3.05) is 13.1 Å². The van der Waals surface area contributed by atoms with E-state index in [1.807, 2.05) is 0 Å². The van der Waals surface area contributed by atoms with Crippen LogP contribution in [0.2, 0.25) is 0 Å². The van der Waals surface area contributed by atoms with Crippen molar-refractivity contribution < 1.29 is 22.8 Å². The van der Waals surface area contributed by atoms with Gasteiger partial charge in [-0.3, -0.25) is 10.1 Å². The summed E-state index contributed by atoms with van der Waals surface area (Å²) in [5, 5.41) is 20.3. The van der Waals surface area contributed by atoms with E-state index in [9.17, 15) is 28.0 Å². The average molecular weight is 304 g/mol. The molecule has 1 fully saturated rings. The highest BCUT2D eigenvalue weighted by molar-refractivity contribution is 7.89. The number of benzene rings is 1. The molecule has 1 aromatic rings. The number of hydrogen-bond donors (Lipinski definition) is 1. The molecular weight excluding hydrogens is 291 g/mol. The molecule has 1 saturated heterocycles. The van der Waals surface area contributed by atoms with Crippen LogP contribution in [0, 0.1) is 15.9 Å². The summed E-state index contributed by atoms with van der Waals surface area (Å²) in [5.41, 5.74) is -1.83. The zero-order valence-corrected chi connectivity index (χ0v) is 11.4. The minimum atomic E-state index is -3.94. The molecule has 0 radical (unpaired) electrons. The summed E-state index contributed by atoms with van der Waals surface area (Å²) >= 11 is 0. The van der Waals surface area contributed by atoms with Gasteiger partial charge in [-0.05, 0) is 12.5 Å². The van der Waals surface area contributed by atoms with Crippen LogP contribution in [0.3, 0.4) is 0 Å². The third-order valence-electron chi connectivity index (χ3n) is 3.35. The smallest absolute Gasteiger partial charge is 0.304 e. The number of rotatable bonds is 4. The molecule has 0 unspecified atom stereocenters. The molecular formula is C11H13FN2O5S. The maximum absolute atomic E-state index is 13.5. The summed E-state index contributed by atoms with van der Waals surface area (Å²) < 4.78 is 38.7. The fourth-order valence-electron chi connectivity index (χ4n) is 1.95. The summed E-state index contributed by atoms with van der Waals surface area (Å²) in [6, 6.07) is 2.42. The number of aliphatic hydroxyl groups is 1. The molecule has 0 aromatic heterocycles. The van der Waals surface area contributed by atoms with Gasteiger partial charge in [0.15, 0.2) is 0 Å². The molecule has 9 heteroatoms. The summed E-state index contributed by atoms with van der Waals surface area (Å²) in [5.74, 6) is -1.21. The molecule has 2 rings (SSSR count). The first-order chi connectivity index (χ1) is 9.19. The second-order valence-corrected chi connectivity index (χ2v) is 6.66. The molecule has 20 heavy (non-hydrogen) atoms. The van der Waals surface area contributed by atoms with E-state index in [0.717, 1.165) is 16.4 Å². The molecule has 1 aliphatic heterocycles. The van der Waals surface area contributed by atoms with Gasteiger partial charge in [-0.2, -0.15) is 8.70 Å². The second-order valence-electron chi connectivity index (χ2n) is 4.72. The highest BCUT2D eigenvalue weighted by Crippen LogP contribution is 2.31. The SMILES string of the molecule is CCC1(O)CN(S(=O)(=O)c2ccc([N+](=O)[O-])c(F)c2)C1. The van der Waals surface area contributed by atoms with Gasteiger partial charge in [0.2, 0.25) is 15.8 Å². The fraction of sp³-hybridized carbons (Fsp3) is 0.455. The third kappa shape index (κ3) is 2.39. The van der Waals surface area contributed by atoms with Gasteiger partial charge in [-0.1, -0.05) is 6.92 Å². The first-order valence-electron chi connectivity index (χ1n) is 5.86. The number of nitrogens with zero attached hydrogens (tertiary/aromatic N) is 2. The monoisotopic (exact) mass is 304 g/mol. The Bertz CT molecular complexity index is 655. The van der Waals surface area contributed by atoms with Crippen molar-refractivity contribution in [2.24, 2.45) is 0 Å². The Balaban J connectivity index is 2.28. The predicted molar refractivity (Wildman–Crippen MR) is 67.1 cm³/mol. The molecule has 0 atom stereocenters. The number of β-amino-alcohol motifs (C(OH)–C–C–N with tert-alkyl or cyclic N) is 1. The largest absolute Gasteiger partial charge is 0.387 e. The van der Waals surface area contributed by atoms with Gasteiger partial charge >= 0.3 is 5.69 Å². The van der Waals surface area contributed by atoms with Crippen LogP contribution >= 0.6 is 0 Å². The Morgan fingerprint density at radius 3 is 2.55 bits per heavy atom. The molecule has 0 bridgehead atoms. The van der Waals surface area contributed by atoms with Crippen LogP contribution in [-0.4, -0.2) is 41.4 Å². The Labute approximate surface area is 114 Å². The number of sulfonamides is 1. The molecule has 0 amide bonds. The Morgan fingerprint density at radius 2 is 2.10 bits per heavy atom. The molecule has 0 aliphatic carbocycles. The Kier molecular flexibility index (Phi) is 3.53. The minimum absolute atomic E-state index is 0.0650. The van der Waals surface area contributed by atoms with Gasteiger partial charge in [0.25, 0.3) is 0 Å². The average Bonchev–Trinajstić information content (AvgIpc) is 2.34. The van der Waals surface area contributed by atoms with Crippen molar-refractivity contribution in [3.8, 4) is 0 Å². The molecule has 1 aromatic carbocycles. The second kappa shape index (κ2) is 4.76. The summed E-state index contributed by atoms with van der Waals surface area (Å²) in [4.78, 5) is 9.19. The van der Waals surface area contributed by atoms with Gasteiger partial charge in [0.1, 0.15) is 0 Å². The number of hydrogen-bond acceptors (Lipinski definition) is 5. The lowest BCUT2D eigenvalue weighted by atomic mass is 9.94. The molecule has 1 heterocycles. The summed E-state index contributed by atoms with van der Waals surface area (Å²) in [7, 11) is -3.94. The normalized spacial score (nSPS) is 18.6. The van der Waals surface area contributed by atoms with Gasteiger partial charge in [0, 0.05) is 25.2 Å². The van der Waals surface area contributed by atoms with Gasteiger partial charge < -0.3 is 5.11 Å². The van der Waals surface area contributed by atoms with Gasteiger partial charge in [0.05, 0.1) is 15.4 Å². The maximum atomic E-state index is 13.5. The van der Waals surface area contributed by atoms with Crippen LogP contribution in [0.4, 0.5) is 10.1 Å². The number of nitro groups is 1. The lowest BCUT2D eigenvalue weighted by Crippen LogP contribution is -2.62. The lowest BCUT2D eigenvalue weighted by Gasteiger charge is -2.44. The van der Waals surface area contributed by atoms with Crippen molar-refractivity contribution in [3.63, 3.8) is 0 Å². The van der Waals surface area contributed by atoms with Crippen molar-refractivity contribution in [1.82, 2.24) is 4.31 Å². The molecule has 7 nitrogen and oxygen atoms in total. The summed E-state index contributed by atoms with van der Waals surface area (Å²) in [6.07, 6.45) is 0.410. The minimum Gasteiger partial charge on any atom is -0.387 e. The highest BCUT2D eigenvalue weighted by Gasteiger charge is 2.46. The molecule has 0 spiro atoms. The third-order valence-corrected chi connectivity index (χ3v) is 5.14. The van der Waals surface area contributed by atoms with E-state index in [1.165, 1.54) is 0 Å². The van der Waals surface area contributed by atoms with E-state index in [2.05, 4.69) is 0 Å².